The highest BCUT2D eigenvalue weighted by molar-refractivity contribution is 9.10. The standard InChI is InChI=1S/C16H20BrNO/c1-3-7-12(8-4-2)16(19)14(11-18)13-9-5-6-10-15(13)17/h5-6,9-10,12,14H,3-4,7-8H2,1-2H3. The second kappa shape index (κ2) is 8.12. The highest BCUT2D eigenvalue weighted by Gasteiger charge is 2.28. The predicted octanol–water partition coefficient (Wildman–Crippen LogP) is 4.84. The molecule has 1 aromatic carbocycles. The molecule has 19 heavy (non-hydrogen) atoms. The van der Waals surface area contributed by atoms with Gasteiger partial charge in [0.2, 0.25) is 0 Å². The zero-order valence-electron chi connectivity index (χ0n) is 11.5. The number of carbonyl (C=O) groups excluding carboxylic acids is 1. The Kier molecular flexibility index (Phi) is 6.80. The normalized spacial score (nSPS) is 12.2. The molecular formula is C16H20BrNO. The SMILES string of the molecule is CCCC(CCC)C(=O)C(C#N)c1ccccc1Br. The Morgan fingerprint density at radius 1 is 1.26 bits per heavy atom. The zero-order valence-corrected chi connectivity index (χ0v) is 13.1. The Bertz CT molecular complexity index is 458. The first-order chi connectivity index (χ1) is 9.15. The summed E-state index contributed by atoms with van der Waals surface area (Å²) in [5.41, 5.74) is 0.784. The van der Waals surface area contributed by atoms with E-state index in [-0.39, 0.29) is 11.7 Å². The Balaban J connectivity index is 2.99. The Morgan fingerprint density at radius 3 is 2.32 bits per heavy atom. The third kappa shape index (κ3) is 4.18. The molecule has 0 aromatic heterocycles. The van der Waals surface area contributed by atoms with E-state index in [0.29, 0.717) is 0 Å². The van der Waals surface area contributed by atoms with Gasteiger partial charge in [-0.05, 0) is 24.5 Å². The van der Waals surface area contributed by atoms with Gasteiger partial charge in [-0.1, -0.05) is 60.8 Å². The minimum atomic E-state index is -0.654. The summed E-state index contributed by atoms with van der Waals surface area (Å²) in [5, 5.41) is 9.37. The smallest absolute Gasteiger partial charge is 0.157 e. The quantitative estimate of drug-likeness (QED) is 0.720. The molecule has 102 valence electrons. The summed E-state index contributed by atoms with van der Waals surface area (Å²) in [6, 6.07) is 9.66. The van der Waals surface area contributed by atoms with E-state index in [1.54, 1.807) is 0 Å². The van der Waals surface area contributed by atoms with E-state index >= 15 is 0 Å². The highest BCUT2D eigenvalue weighted by Crippen LogP contribution is 2.29. The number of halogens is 1. The fraction of sp³-hybridized carbons (Fsp3) is 0.500. The first-order valence-corrected chi connectivity index (χ1v) is 7.62. The molecule has 0 radical (unpaired) electrons. The number of benzene rings is 1. The van der Waals surface area contributed by atoms with Crippen LogP contribution < -0.4 is 0 Å². The Hall–Kier alpha value is -1.14. The molecule has 0 N–H and O–H groups in total. The fourth-order valence-electron chi connectivity index (χ4n) is 2.36. The molecule has 2 nitrogen and oxygen atoms in total. The van der Waals surface area contributed by atoms with Crippen molar-refractivity contribution >= 4 is 21.7 Å². The van der Waals surface area contributed by atoms with Gasteiger partial charge in [0.25, 0.3) is 0 Å². The molecule has 0 amide bonds. The number of hydrogen-bond acceptors (Lipinski definition) is 2. The van der Waals surface area contributed by atoms with Crippen molar-refractivity contribution < 1.29 is 4.79 Å². The molecule has 0 aliphatic heterocycles. The number of Topliss-reactive ketones (excluding diaryl/α,β-unsaturated/α-hetero) is 1. The van der Waals surface area contributed by atoms with Crippen molar-refractivity contribution in [3.8, 4) is 6.07 Å². The van der Waals surface area contributed by atoms with Crippen molar-refractivity contribution in [2.24, 2.45) is 5.92 Å². The van der Waals surface area contributed by atoms with Crippen LogP contribution in [0.5, 0.6) is 0 Å². The minimum Gasteiger partial charge on any atom is -0.298 e. The molecule has 1 aromatic rings. The second-order valence-electron chi connectivity index (χ2n) is 4.76. The van der Waals surface area contributed by atoms with Crippen molar-refractivity contribution in [1.29, 1.82) is 5.26 Å². The highest BCUT2D eigenvalue weighted by atomic mass is 79.9. The summed E-state index contributed by atoms with van der Waals surface area (Å²) in [7, 11) is 0. The third-order valence-electron chi connectivity index (χ3n) is 3.31. The van der Waals surface area contributed by atoms with Gasteiger partial charge < -0.3 is 0 Å². The van der Waals surface area contributed by atoms with Crippen molar-refractivity contribution in [2.75, 3.05) is 0 Å². The van der Waals surface area contributed by atoms with Gasteiger partial charge in [-0.25, -0.2) is 0 Å². The number of nitrogens with zero attached hydrogens (tertiary/aromatic N) is 1. The molecule has 0 aliphatic carbocycles. The number of nitriles is 1. The van der Waals surface area contributed by atoms with Gasteiger partial charge in [0, 0.05) is 10.4 Å². The maximum atomic E-state index is 12.6. The van der Waals surface area contributed by atoms with E-state index in [2.05, 4.69) is 35.8 Å². The van der Waals surface area contributed by atoms with Crippen LogP contribution in [0.15, 0.2) is 28.7 Å². The Labute approximate surface area is 124 Å². The number of ketones is 1. The van der Waals surface area contributed by atoms with Gasteiger partial charge in [-0.2, -0.15) is 5.26 Å². The summed E-state index contributed by atoms with van der Waals surface area (Å²) < 4.78 is 0.835. The van der Waals surface area contributed by atoms with Crippen LogP contribution in [-0.2, 0) is 4.79 Å². The van der Waals surface area contributed by atoms with E-state index in [9.17, 15) is 10.1 Å². The van der Waals surface area contributed by atoms with Crippen LogP contribution >= 0.6 is 15.9 Å². The van der Waals surface area contributed by atoms with Crippen LogP contribution in [0.25, 0.3) is 0 Å². The summed E-state index contributed by atoms with van der Waals surface area (Å²) in [4.78, 5) is 12.6. The van der Waals surface area contributed by atoms with E-state index in [1.807, 2.05) is 24.3 Å². The van der Waals surface area contributed by atoms with Crippen LogP contribution in [0.1, 0.15) is 51.0 Å². The summed E-state index contributed by atoms with van der Waals surface area (Å²) in [6.07, 6.45) is 3.69. The topological polar surface area (TPSA) is 40.9 Å². The van der Waals surface area contributed by atoms with Crippen molar-refractivity contribution in [1.82, 2.24) is 0 Å². The van der Waals surface area contributed by atoms with Gasteiger partial charge in [-0.3, -0.25) is 4.79 Å². The first kappa shape index (κ1) is 15.9. The monoisotopic (exact) mass is 321 g/mol. The van der Waals surface area contributed by atoms with Crippen molar-refractivity contribution in [3.05, 3.63) is 34.3 Å². The molecule has 0 saturated heterocycles. The van der Waals surface area contributed by atoms with E-state index in [1.165, 1.54) is 0 Å². The van der Waals surface area contributed by atoms with Gasteiger partial charge in [0.15, 0.2) is 5.78 Å². The van der Waals surface area contributed by atoms with Gasteiger partial charge in [-0.15, -0.1) is 0 Å². The van der Waals surface area contributed by atoms with Crippen molar-refractivity contribution in [2.45, 2.75) is 45.4 Å². The lowest BCUT2D eigenvalue weighted by Crippen LogP contribution is -2.21. The largest absolute Gasteiger partial charge is 0.298 e. The average molecular weight is 322 g/mol. The molecule has 1 unspecified atom stereocenters. The van der Waals surface area contributed by atoms with Crippen molar-refractivity contribution in [3.63, 3.8) is 0 Å². The van der Waals surface area contributed by atoms with E-state index in [4.69, 9.17) is 0 Å². The van der Waals surface area contributed by atoms with E-state index in [0.717, 1.165) is 35.7 Å². The Morgan fingerprint density at radius 2 is 1.84 bits per heavy atom. The summed E-state index contributed by atoms with van der Waals surface area (Å²) >= 11 is 3.43. The van der Waals surface area contributed by atoms with E-state index < -0.39 is 5.92 Å². The minimum absolute atomic E-state index is 0.00626. The van der Waals surface area contributed by atoms with Gasteiger partial charge >= 0.3 is 0 Å². The van der Waals surface area contributed by atoms with Crippen LogP contribution in [0, 0.1) is 17.2 Å². The van der Waals surface area contributed by atoms with Gasteiger partial charge in [0.05, 0.1) is 6.07 Å². The summed E-state index contributed by atoms with van der Waals surface area (Å²) in [5.74, 6) is -0.580. The van der Waals surface area contributed by atoms with Gasteiger partial charge in [0.1, 0.15) is 5.92 Å². The molecule has 0 heterocycles. The molecule has 0 spiro atoms. The maximum Gasteiger partial charge on any atom is 0.157 e. The summed E-state index contributed by atoms with van der Waals surface area (Å²) in [6.45, 7) is 4.16. The lowest BCUT2D eigenvalue weighted by Gasteiger charge is -2.18. The molecule has 0 fully saturated rings. The van der Waals surface area contributed by atoms with Crippen LogP contribution in [0.3, 0.4) is 0 Å². The number of hydrogen-bond donors (Lipinski definition) is 0. The molecular weight excluding hydrogens is 302 g/mol. The second-order valence-corrected chi connectivity index (χ2v) is 5.61. The molecule has 1 rings (SSSR count). The third-order valence-corrected chi connectivity index (χ3v) is 4.03. The zero-order chi connectivity index (χ0) is 14.3. The first-order valence-electron chi connectivity index (χ1n) is 6.83. The van der Waals surface area contributed by atoms with Crippen LogP contribution in [-0.4, -0.2) is 5.78 Å². The predicted molar refractivity (Wildman–Crippen MR) is 80.8 cm³/mol. The molecule has 0 aliphatic rings. The molecule has 3 heteroatoms. The maximum absolute atomic E-state index is 12.6. The molecule has 0 bridgehead atoms. The fourth-order valence-corrected chi connectivity index (χ4v) is 2.87. The number of rotatable bonds is 7. The lowest BCUT2D eigenvalue weighted by atomic mass is 9.84. The lowest BCUT2D eigenvalue weighted by molar-refractivity contribution is -0.123. The van der Waals surface area contributed by atoms with Crippen LogP contribution in [0.2, 0.25) is 0 Å². The molecule has 0 saturated carbocycles. The average Bonchev–Trinajstić information content (AvgIpc) is 2.41. The number of carbonyl (C=O) groups is 1. The van der Waals surface area contributed by atoms with Crippen LogP contribution in [0.4, 0.5) is 0 Å². The molecule has 1 atom stereocenters.